The minimum atomic E-state index is -0.108. The number of nitrogens with one attached hydrogen (secondary N) is 1. The molecule has 152 valence electrons. The fourth-order valence-corrected chi connectivity index (χ4v) is 4.43. The molecule has 0 saturated carbocycles. The largest absolute Gasteiger partial charge is 0.353 e. The van der Waals surface area contributed by atoms with Crippen LogP contribution < -0.4 is 4.90 Å². The van der Waals surface area contributed by atoms with Crippen molar-refractivity contribution in [1.82, 2.24) is 4.98 Å². The molecule has 5 rings (SSSR count). The summed E-state index contributed by atoms with van der Waals surface area (Å²) in [5.41, 5.74) is 8.03. The first-order valence-corrected chi connectivity index (χ1v) is 10.5. The summed E-state index contributed by atoms with van der Waals surface area (Å²) < 4.78 is 0. The number of rotatable bonds is 1. The van der Waals surface area contributed by atoms with Gasteiger partial charge in [0.1, 0.15) is 0 Å². The molecule has 2 aliphatic rings. The number of likely N-dealkylation sites (N-methyl/N-ethyl adjacent to an activating group) is 1. The van der Waals surface area contributed by atoms with E-state index in [1.807, 2.05) is 24.3 Å². The van der Waals surface area contributed by atoms with Crippen LogP contribution in [0.4, 0.5) is 5.69 Å². The van der Waals surface area contributed by atoms with Crippen molar-refractivity contribution in [2.24, 2.45) is 10.2 Å². The van der Waals surface area contributed by atoms with Crippen LogP contribution in [0.5, 0.6) is 0 Å². The number of anilines is 1. The number of para-hydroxylation sites is 1. The topological polar surface area (TPSA) is 60.8 Å². The number of amides is 1. The Morgan fingerprint density at radius 3 is 2.63 bits per heavy atom. The first-order valence-electron chi connectivity index (χ1n) is 10.5. The lowest BCUT2D eigenvalue weighted by Gasteiger charge is -2.19. The molecule has 0 spiro atoms. The molecular formula is C25H26N4O. The quantitative estimate of drug-likeness (QED) is 0.578. The zero-order valence-electron chi connectivity index (χ0n) is 17.9. The van der Waals surface area contributed by atoms with Crippen LogP contribution in [0.15, 0.2) is 52.7 Å². The maximum atomic E-state index is 12.7. The van der Waals surface area contributed by atoms with Crippen LogP contribution in [0.25, 0.3) is 10.9 Å². The van der Waals surface area contributed by atoms with E-state index in [0.717, 1.165) is 47.4 Å². The number of fused-ring (bicyclic) bond motifs is 4. The summed E-state index contributed by atoms with van der Waals surface area (Å²) in [7, 11) is 1.78. The summed E-state index contributed by atoms with van der Waals surface area (Å²) in [5.74, 6) is -0.108. The van der Waals surface area contributed by atoms with Gasteiger partial charge in [0.15, 0.2) is 5.71 Å². The van der Waals surface area contributed by atoms with Crippen LogP contribution in [0.1, 0.15) is 56.0 Å². The lowest BCUT2D eigenvalue weighted by molar-refractivity contribution is -0.111. The summed E-state index contributed by atoms with van der Waals surface area (Å²) >= 11 is 0. The minimum absolute atomic E-state index is 0.108. The second kappa shape index (κ2) is 6.66. The van der Waals surface area contributed by atoms with Gasteiger partial charge in [-0.2, -0.15) is 5.10 Å². The third-order valence-corrected chi connectivity index (χ3v) is 6.20. The van der Waals surface area contributed by atoms with Crippen LogP contribution in [0.2, 0.25) is 0 Å². The summed E-state index contributed by atoms with van der Waals surface area (Å²) in [4.78, 5) is 17.9. The van der Waals surface area contributed by atoms with Crippen molar-refractivity contribution in [1.29, 1.82) is 0 Å². The van der Waals surface area contributed by atoms with E-state index in [4.69, 9.17) is 0 Å². The molecule has 0 fully saturated rings. The van der Waals surface area contributed by atoms with Gasteiger partial charge in [0.05, 0.1) is 17.1 Å². The fraction of sp³-hybridized carbons (Fsp3) is 0.320. The number of aryl methyl sites for hydroxylation is 1. The van der Waals surface area contributed by atoms with E-state index in [1.54, 1.807) is 11.9 Å². The number of carbonyl (C=O) groups is 1. The van der Waals surface area contributed by atoms with Crippen LogP contribution in [0, 0.1) is 0 Å². The van der Waals surface area contributed by atoms with Crippen molar-refractivity contribution >= 4 is 33.9 Å². The molecule has 0 unspecified atom stereocenters. The van der Waals surface area contributed by atoms with E-state index in [2.05, 4.69) is 54.2 Å². The molecule has 0 atom stereocenters. The highest BCUT2D eigenvalue weighted by Crippen LogP contribution is 2.33. The number of benzene rings is 2. The third kappa shape index (κ3) is 2.88. The SMILES string of the molecule is CN1C(=O)C(=NN=C2CCCc3c2[nH]c2ccc(C(C)(C)C)cc32)c2ccccc21. The number of hydrogen-bond acceptors (Lipinski definition) is 3. The molecule has 5 heteroatoms. The minimum Gasteiger partial charge on any atom is -0.353 e. The van der Waals surface area contributed by atoms with Crippen molar-refractivity contribution < 1.29 is 4.79 Å². The molecule has 1 N–H and O–H groups in total. The van der Waals surface area contributed by atoms with E-state index in [1.165, 1.54) is 16.5 Å². The van der Waals surface area contributed by atoms with Crippen molar-refractivity contribution in [3.05, 3.63) is 64.8 Å². The number of aromatic amines is 1. The summed E-state index contributed by atoms with van der Waals surface area (Å²) in [6, 6.07) is 14.4. The van der Waals surface area contributed by atoms with Crippen LogP contribution in [-0.2, 0) is 16.6 Å². The highest BCUT2D eigenvalue weighted by atomic mass is 16.2. The van der Waals surface area contributed by atoms with Crippen LogP contribution in [0.3, 0.4) is 0 Å². The van der Waals surface area contributed by atoms with Crippen molar-refractivity contribution in [2.45, 2.75) is 45.4 Å². The van der Waals surface area contributed by atoms with E-state index in [-0.39, 0.29) is 11.3 Å². The molecule has 2 heterocycles. The van der Waals surface area contributed by atoms with Gasteiger partial charge in [0.2, 0.25) is 0 Å². The van der Waals surface area contributed by atoms with Gasteiger partial charge in [0.25, 0.3) is 5.91 Å². The number of nitrogens with zero attached hydrogens (tertiary/aromatic N) is 3. The Hall–Kier alpha value is -3.21. The standard InChI is InChI=1S/C25H26N4O/c1-25(2,3)15-12-13-19-18(14-15)16-9-7-10-20(22(16)26-19)27-28-23-17-8-5-6-11-21(17)29(4)24(23)30/h5-6,8,11-14,26H,7,9-10H2,1-4H3. The van der Waals surface area contributed by atoms with Crippen LogP contribution >= 0.6 is 0 Å². The van der Waals surface area contributed by atoms with Crippen molar-refractivity contribution in [3.8, 4) is 0 Å². The summed E-state index contributed by atoms with van der Waals surface area (Å²) in [5, 5.41) is 10.3. The molecule has 1 amide bonds. The van der Waals surface area contributed by atoms with E-state index in [9.17, 15) is 4.79 Å². The Labute approximate surface area is 176 Å². The van der Waals surface area contributed by atoms with Gasteiger partial charge in [-0.15, -0.1) is 5.10 Å². The predicted octanol–water partition coefficient (Wildman–Crippen LogP) is 4.97. The molecule has 0 bridgehead atoms. The fourth-order valence-electron chi connectivity index (χ4n) is 4.43. The van der Waals surface area contributed by atoms with Gasteiger partial charge in [-0.3, -0.25) is 4.79 Å². The molecule has 2 aromatic carbocycles. The number of hydrogen-bond donors (Lipinski definition) is 1. The normalized spacial score (nSPS) is 19.1. The van der Waals surface area contributed by atoms with Crippen LogP contribution in [-0.4, -0.2) is 29.4 Å². The summed E-state index contributed by atoms with van der Waals surface area (Å²) in [6.07, 6.45) is 2.92. The third-order valence-electron chi connectivity index (χ3n) is 6.20. The molecular weight excluding hydrogens is 372 g/mol. The van der Waals surface area contributed by atoms with Gasteiger partial charge in [0, 0.05) is 23.5 Å². The monoisotopic (exact) mass is 398 g/mol. The average Bonchev–Trinajstić information content (AvgIpc) is 3.22. The second-order valence-corrected chi connectivity index (χ2v) is 9.22. The van der Waals surface area contributed by atoms with Gasteiger partial charge in [-0.05, 0) is 54.0 Å². The van der Waals surface area contributed by atoms with Gasteiger partial charge < -0.3 is 9.88 Å². The lowest BCUT2D eigenvalue weighted by atomic mass is 9.85. The molecule has 5 nitrogen and oxygen atoms in total. The highest BCUT2D eigenvalue weighted by Gasteiger charge is 2.31. The van der Waals surface area contributed by atoms with Crippen molar-refractivity contribution in [2.75, 3.05) is 11.9 Å². The van der Waals surface area contributed by atoms with E-state index < -0.39 is 0 Å². The zero-order valence-corrected chi connectivity index (χ0v) is 17.9. The molecule has 0 radical (unpaired) electrons. The van der Waals surface area contributed by atoms with Gasteiger partial charge in [-0.1, -0.05) is 45.0 Å². The Morgan fingerprint density at radius 1 is 1.03 bits per heavy atom. The maximum absolute atomic E-state index is 12.7. The number of carbonyl (C=O) groups excluding carboxylic acids is 1. The Bertz CT molecular complexity index is 1240. The molecule has 1 aliphatic heterocycles. The molecule has 3 aromatic rings. The molecule has 0 saturated heterocycles. The molecule has 1 aromatic heterocycles. The molecule has 1 aliphatic carbocycles. The molecule has 30 heavy (non-hydrogen) atoms. The van der Waals surface area contributed by atoms with Gasteiger partial charge in [-0.25, -0.2) is 0 Å². The Kier molecular flexibility index (Phi) is 4.17. The maximum Gasteiger partial charge on any atom is 0.279 e. The first kappa shape index (κ1) is 18.8. The lowest BCUT2D eigenvalue weighted by Crippen LogP contribution is -2.25. The number of aromatic nitrogens is 1. The van der Waals surface area contributed by atoms with Crippen molar-refractivity contribution in [3.63, 3.8) is 0 Å². The summed E-state index contributed by atoms with van der Waals surface area (Å²) in [6.45, 7) is 6.72. The zero-order chi connectivity index (χ0) is 21.0. The Morgan fingerprint density at radius 2 is 1.83 bits per heavy atom. The Balaban J connectivity index is 1.59. The predicted molar refractivity (Wildman–Crippen MR) is 123 cm³/mol. The first-order chi connectivity index (χ1) is 14.3. The second-order valence-electron chi connectivity index (χ2n) is 9.22. The highest BCUT2D eigenvalue weighted by molar-refractivity contribution is 6.54. The number of H-pyrrole nitrogens is 1. The average molecular weight is 399 g/mol. The smallest absolute Gasteiger partial charge is 0.279 e. The van der Waals surface area contributed by atoms with E-state index in [0.29, 0.717) is 5.71 Å². The van der Waals surface area contributed by atoms with E-state index >= 15 is 0 Å². The van der Waals surface area contributed by atoms with Gasteiger partial charge >= 0.3 is 0 Å².